The molecule has 1 fully saturated rings. The van der Waals surface area contributed by atoms with Gasteiger partial charge in [-0.3, -0.25) is 4.79 Å². The Labute approximate surface area is 152 Å². The number of halogens is 1. The zero-order valence-electron chi connectivity index (χ0n) is 13.7. The number of amides is 1. The summed E-state index contributed by atoms with van der Waals surface area (Å²) in [5.41, 5.74) is 1.08. The van der Waals surface area contributed by atoms with Crippen molar-refractivity contribution in [3.63, 3.8) is 0 Å². The van der Waals surface area contributed by atoms with Gasteiger partial charge in [-0.25, -0.2) is 0 Å². The molecule has 1 aliphatic carbocycles. The highest BCUT2D eigenvalue weighted by atomic mass is 35.5. The smallest absolute Gasteiger partial charge is 0.306 e. The van der Waals surface area contributed by atoms with E-state index in [0.717, 1.165) is 19.1 Å². The van der Waals surface area contributed by atoms with Crippen LogP contribution in [0.1, 0.15) is 28.8 Å². The zero-order valence-corrected chi connectivity index (χ0v) is 15.3. The first kappa shape index (κ1) is 17.8. The van der Waals surface area contributed by atoms with Gasteiger partial charge in [0.15, 0.2) is 0 Å². The summed E-state index contributed by atoms with van der Waals surface area (Å²) < 4.78 is 28.0. The summed E-state index contributed by atoms with van der Waals surface area (Å²) in [6.07, 6.45) is 2.84. The van der Waals surface area contributed by atoms with E-state index in [9.17, 15) is 13.2 Å². The fraction of sp³-hybridized carbons (Fsp3) is 0.278. The van der Waals surface area contributed by atoms with E-state index in [1.165, 1.54) is 0 Å². The standard InChI is InChI=1S/C18H18ClNO4S/c1-25(22,23)24-17-9-5-2-6-13(17)12-20(14-10-11-14)18(21)15-7-3-4-8-16(15)19/h2-9,14H,10-12H2,1H3. The second kappa shape index (κ2) is 7.06. The molecular weight excluding hydrogens is 362 g/mol. The van der Waals surface area contributed by atoms with Gasteiger partial charge in [-0.1, -0.05) is 41.9 Å². The van der Waals surface area contributed by atoms with Gasteiger partial charge in [-0.15, -0.1) is 0 Å². The van der Waals surface area contributed by atoms with E-state index < -0.39 is 10.1 Å². The molecule has 0 aromatic heterocycles. The van der Waals surface area contributed by atoms with Crippen LogP contribution >= 0.6 is 11.6 Å². The normalized spacial score (nSPS) is 14.2. The van der Waals surface area contributed by atoms with Gasteiger partial charge in [0, 0.05) is 18.2 Å². The number of nitrogens with zero attached hydrogens (tertiary/aromatic N) is 1. The first-order valence-electron chi connectivity index (χ1n) is 7.88. The average Bonchev–Trinajstić information content (AvgIpc) is 3.37. The molecule has 0 spiro atoms. The van der Waals surface area contributed by atoms with Crippen molar-refractivity contribution in [3.05, 3.63) is 64.7 Å². The maximum atomic E-state index is 12.9. The molecule has 0 saturated heterocycles. The van der Waals surface area contributed by atoms with Crippen molar-refractivity contribution in [2.75, 3.05) is 6.26 Å². The fourth-order valence-electron chi connectivity index (χ4n) is 2.60. The summed E-state index contributed by atoms with van der Waals surface area (Å²) in [5.74, 6) is 0.0740. The maximum absolute atomic E-state index is 12.9. The van der Waals surface area contributed by atoms with Crippen molar-refractivity contribution in [3.8, 4) is 5.75 Å². The van der Waals surface area contributed by atoms with E-state index in [2.05, 4.69) is 0 Å². The summed E-state index contributed by atoms with van der Waals surface area (Å²) in [6, 6.07) is 13.9. The molecule has 7 heteroatoms. The van der Waals surface area contributed by atoms with Crippen LogP contribution in [0.15, 0.2) is 48.5 Å². The largest absolute Gasteiger partial charge is 0.382 e. The highest BCUT2D eigenvalue weighted by Crippen LogP contribution is 2.33. The van der Waals surface area contributed by atoms with Gasteiger partial charge >= 0.3 is 10.1 Å². The van der Waals surface area contributed by atoms with Crippen molar-refractivity contribution in [1.29, 1.82) is 0 Å². The molecule has 5 nitrogen and oxygen atoms in total. The molecule has 1 aliphatic rings. The third-order valence-corrected chi connectivity index (χ3v) is 4.72. The minimum atomic E-state index is -3.64. The third-order valence-electron chi connectivity index (χ3n) is 3.91. The Morgan fingerprint density at radius 3 is 2.44 bits per heavy atom. The number of hydrogen-bond donors (Lipinski definition) is 0. The summed E-state index contributed by atoms with van der Waals surface area (Å²) in [7, 11) is -3.64. The van der Waals surface area contributed by atoms with Crippen molar-refractivity contribution in [2.45, 2.75) is 25.4 Å². The molecule has 0 aliphatic heterocycles. The van der Waals surface area contributed by atoms with E-state index in [4.69, 9.17) is 15.8 Å². The molecule has 0 N–H and O–H groups in total. The second-order valence-electron chi connectivity index (χ2n) is 6.04. The Morgan fingerprint density at radius 2 is 1.80 bits per heavy atom. The van der Waals surface area contributed by atoms with Crippen molar-refractivity contribution in [2.24, 2.45) is 0 Å². The lowest BCUT2D eigenvalue weighted by Gasteiger charge is -2.24. The van der Waals surface area contributed by atoms with Crippen LogP contribution in [0, 0.1) is 0 Å². The molecule has 132 valence electrons. The number of benzene rings is 2. The summed E-state index contributed by atoms with van der Waals surface area (Å²) in [5, 5.41) is 0.402. The third kappa shape index (κ3) is 4.52. The fourth-order valence-corrected chi connectivity index (χ4v) is 3.31. The summed E-state index contributed by atoms with van der Waals surface area (Å²) in [6.45, 7) is 0.264. The van der Waals surface area contributed by atoms with Gasteiger partial charge < -0.3 is 9.08 Å². The number of rotatable bonds is 6. The summed E-state index contributed by atoms with van der Waals surface area (Å²) >= 11 is 6.16. The lowest BCUT2D eigenvalue weighted by Crippen LogP contribution is -2.33. The van der Waals surface area contributed by atoms with Crippen LogP contribution in [0.4, 0.5) is 0 Å². The molecule has 0 heterocycles. The monoisotopic (exact) mass is 379 g/mol. The van der Waals surface area contributed by atoms with Crippen LogP contribution in [0.5, 0.6) is 5.75 Å². The van der Waals surface area contributed by atoms with Gasteiger partial charge in [-0.2, -0.15) is 8.42 Å². The predicted molar refractivity (Wildman–Crippen MR) is 96.3 cm³/mol. The number of carbonyl (C=O) groups excluding carboxylic acids is 1. The van der Waals surface area contributed by atoms with E-state index in [0.29, 0.717) is 16.1 Å². The van der Waals surface area contributed by atoms with Crippen LogP contribution < -0.4 is 4.18 Å². The Kier molecular flexibility index (Phi) is 5.01. The van der Waals surface area contributed by atoms with Crippen LogP contribution in [0.3, 0.4) is 0 Å². The first-order chi connectivity index (χ1) is 11.8. The number of para-hydroxylation sites is 1. The molecule has 0 bridgehead atoms. The van der Waals surface area contributed by atoms with Crippen molar-refractivity contribution < 1.29 is 17.4 Å². The predicted octanol–water partition coefficient (Wildman–Crippen LogP) is 3.48. The molecule has 0 radical (unpaired) electrons. The Hall–Kier alpha value is -2.05. The van der Waals surface area contributed by atoms with Crippen LogP contribution in [0.2, 0.25) is 5.02 Å². The SMILES string of the molecule is CS(=O)(=O)Oc1ccccc1CN(C(=O)c1ccccc1Cl)C1CC1. The molecule has 2 aromatic carbocycles. The van der Waals surface area contributed by atoms with E-state index in [1.807, 2.05) is 0 Å². The van der Waals surface area contributed by atoms with Crippen molar-refractivity contribution >= 4 is 27.6 Å². The Balaban J connectivity index is 1.89. The highest BCUT2D eigenvalue weighted by Gasteiger charge is 2.34. The van der Waals surface area contributed by atoms with Crippen LogP contribution in [0.25, 0.3) is 0 Å². The minimum Gasteiger partial charge on any atom is -0.382 e. The van der Waals surface area contributed by atoms with Crippen LogP contribution in [-0.4, -0.2) is 31.5 Å². The summed E-state index contributed by atoms with van der Waals surface area (Å²) in [4.78, 5) is 14.7. The van der Waals surface area contributed by atoms with E-state index in [-0.39, 0.29) is 24.2 Å². The minimum absolute atomic E-state index is 0.134. The lowest BCUT2D eigenvalue weighted by molar-refractivity contribution is 0.0729. The van der Waals surface area contributed by atoms with E-state index in [1.54, 1.807) is 53.4 Å². The highest BCUT2D eigenvalue weighted by molar-refractivity contribution is 7.86. The average molecular weight is 380 g/mol. The lowest BCUT2D eigenvalue weighted by atomic mass is 10.1. The topological polar surface area (TPSA) is 63.7 Å². The first-order valence-corrected chi connectivity index (χ1v) is 10.1. The van der Waals surface area contributed by atoms with Gasteiger partial charge in [-0.05, 0) is 31.0 Å². The molecule has 3 rings (SSSR count). The molecular formula is C18H18ClNO4S. The van der Waals surface area contributed by atoms with Crippen LogP contribution in [-0.2, 0) is 16.7 Å². The van der Waals surface area contributed by atoms with Gasteiger partial charge in [0.2, 0.25) is 0 Å². The molecule has 25 heavy (non-hydrogen) atoms. The van der Waals surface area contributed by atoms with Gasteiger partial charge in [0.05, 0.1) is 16.8 Å². The van der Waals surface area contributed by atoms with Gasteiger partial charge in [0.1, 0.15) is 5.75 Å². The van der Waals surface area contributed by atoms with Crippen molar-refractivity contribution in [1.82, 2.24) is 4.90 Å². The van der Waals surface area contributed by atoms with E-state index >= 15 is 0 Å². The second-order valence-corrected chi connectivity index (χ2v) is 8.02. The molecule has 1 amide bonds. The Morgan fingerprint density at radius 1 is 1.16 bits per heavy atom. The molecule has 2 aromatic rings. The quantitative estimate of drug-likeness (QED) is 0.721. The number of hydrogen-bond acceptors (Lipinski definition) is 4. The molecule has 1 saturated carbocycles. The number of carbonyl (C=O) groups is 1. The van der Waals surface area contributed by atoms with Gasteiger partial charge in [0.25, 0.3) is 5.91 Å². The molecule has 0 unspecified atom stereocenters. The maximum Gasteiger partial charge on any atom is 0.306 e. The molecule has 0 atom stereocenters. The Bertz CT molecular complexity index is 893. The zero-order chi connectivity index (χ0) is 18.0.